The number of rotatable bonds is 7. The maximum Gasteiger partial charge on any atom is 0.260 e. The second kappa shape index (κ2) is 11.1. The highest BCUT2D eigenvalue weighted by Crippen LogP contribution is 2.32. The van der Waals surface area contributed by atoms with Gasteiger partial charge in [-0.25, -0.2) is 4.98 Å². The molecule has 3 heterocycles. The molecule has 1 aliphatic heterocycles. The maximum absolute atomic E-state index is 13.7. The summed E-state index contributed by atoms with van der Waals surface area (Å²) in [4.78, 5) is 31.2. The van der Waals surface area contributed by atoms with E-state index in [1.165, 1.54) is 11.3 Å². The number of ether oxygens (including phenoxy) is 2. The van der Waals surface area contributed by atoms with Crippen molar-refractivity contribution in [2.24, 2.45) is 0 Å². The molecule has 8 nitrogen and oxygen atoms in total. The Morgan fingerprint density at radius 1 is 1.09 bits per heavy atom. The molecular weight excluding hydrogens is 474 g/mol. The van der Waals surface area contributed by atoms with Crippen LogP contribution in [0.4, 0.5) is 5.13 Å². The summed E-state index contributed by atoms with van der Waals surface area (Å²) in [5.41, 5.74) is 2.89. The zero-order valence-electron chi connectivity index (χ0n) is 18.8. The van der Waals surface area contributed by atoms with Gasteiger partial charge in [-0.05, 0) is 42.8 Å². The lowest BCUT2D eigenvalue weighted by Gasteiger charge is -2.27. The van der Waals surface area contributed by atoms with Crippen molar-refractivity contribution in [2.45, 2.75) is 6.42 Å². The van der Waals surface area contributed by atoms with Crippen LogP contribution < -0.4 is 9.64 Å². The Labute approximate surface area is 207 Å². The van der Waals surface area contributed by atoms with E-state index in [-0.39, 0.29) is 18.3 Å². The van der Waals surface area contributed by atoms with Gasteiger partial charge in [0.15, 0.2) is 5.13 Å². The van der Waals surface area contributed by atoms with E-state index in [9.17, 15) is 4.79 Å². The number of halogens is 1. The summed E-state index contributed by atoms with van der Waals surface area (Å²) >= 11 is 1.50. The van der Waals surface area contributed by atoms with Gasteiger partial charge < -0.3 is 9.47 Å². The number of nitrogens with zero attached hydrogens (tertiary/aromatic N) is 5. The van der Waals surface area contributed by atoms with Crippen LogP contribution in [-0.4, -0.2) is 72.3 Å². The third-order valence-electron chi connectivity index (χ3n) is 5.74. The molecular formula is C24H26ClN5O3S. The number of hydrogen-bond acceptors (Lipinski definition) is 8. The van der Waals surface area contributed by atoms with Gasteiger partial charge >= 0.3 is 0 Å². The molecule has 2 aromatic carbocycles. The molecule has 0 saturated carbocycles. The lowest BCUT2D eigenvalue weighted by molar-refractivity contribution is 0.0376. The number of morpholine rings is 1. The fourth-order valence-corrected chi connectivity index (χ4v) is 4.97. The summed E-state index contributed by atoms with van der Waals surface area (Å²) in [7, 11) is 1.65. The second-order valence-corrected chi connectivity index (χ2v) is 8.86. The summed E-state index contributed by atoms with van der Waals surface area (Å²) < 4.78 is 11.8. The highest BCUT2D eigenvalue weighted by Gasteiger charge is 2.22. The summed E-state index contributed by atoms with van der Waals surface area (Å²) in [6.07, 6.45) is 4.13. The van der Waals surface area contributed by atoms with Crippen LogP contribution in [0.5, 0.6) is 5.75 Å². The Hall–Kier alpha value is -2.85. The number of fused-ring (bicyclic) bond motifs is 2. The zero-order valence-corrected chi connectivity index (χ0v) is 20.5. The first-order valence-corrected chi connectivity index (χ1v) is 11.8. The molecule has 0 bridgehead atoms. The Balaban J connectivity index is 0.00000274. The molecule has 0 radical (unpaired) electrons. The lowest BCUT2D eigenvalue weighted by atomic mass is 10.1. The molecule has 1 amide bonds. The predicted molar refractivity (Wildman–Crippen MR) is 137 cm³/mol. The minimum atomic E-state index is -0.0875. The highest BCUT2D eigenvalue weighted by atomic mass is 35.5. The van der Waals surface area contributed by atoms with Crippen LogP contribution in [0.1, 0.15) is 16.8 Å². The van der Waals surface area contributed by atoms with E-state index in [1.54, 1.807) is 30.5 Å². The van der Waals surface area contributed by atoms with Crippen LogP contribution in [0.15, 0.2) is 48.8 Å². The van der Waals surface area contributed by atoms with Gasteiger partial charge in [-0.2, -0.15) is 0 Å². The molecule has 0 N–H and O–H groups in total. The van der Waals surface area contributed by atoms with E-state index in [0.29, 0.717) is 22.8 Å². The van der Waals surface area contributed by atoms with Crippen molar-refractivity contribution in [2.75, 3.05) is 51.4 Å². The van der Waals surface area contributed by atoms with Crippen molar-refractivity contribution in [3.05, 3.63) is 54.4 Å². The van der Waals surface area contributed by atoms with Crippen LogP contribution in [0, 0.1) is 0 Å². The molecule has 34 heavy (non-hydrogen) atoms. The highest BCUT2D eigenvalue weighted by molar-refractivity contribution is 7.22. The average Bonchev–Trinajstić information content (AvgIpc) is 3.29. The number of benzene rings is 2. The minimum Gasteiger partial charge on any atom is -0.497 e. The molecule has 0 atom stereocenters. The minimum absolute atomic E-state index is 0. The number of carbonyl (C=O) groups is 1. The van der Waals surface area contributed by atoms with Gasteiger partial charge in [0, 0.05) is 44.1 Å². The van der Waals surface area contributed by atoms with E-state index in [1.807, 2.05) is 30.3 Å². The van der Waals surface area contributed by atoms with Crippen molar-refractivity contribution < 1.29 is 14.3 Å². The van der Waals surface area contributed by atoms with Gasteiger partial charge in [-0.1, -0.05) is 11.3 Å². The van der Waals surface area contributed by atoms with E-state index in [2.05, 4.69) is 14.9 Å². The molecule has 2 aromatic heterocycles. The number of amides is 1. The van der Waals surface area contributed by atoms with Crippen LogP contribution in [0.3, 0.4) is 0 Å². The SMILES string of the molecule is COc1ccc2nc(N(CCCN3CCOCC3)C(=O)c3ccc4nccnc4c3)sc2c1.Cl. The molecule has 0 unspecified atom stereocenters. The third kappa shape index (κ3) is 5.28. The largest absolute Gasteiger partial charge is 0.497 e. The van der Waals surface area contributed by atoms with Gasteiger partial charge in [0.05, 0.1) is 41.6 Å². The van der Waals surface area contributed by atoms with Crippen LogP contribution >= 0.6 is 23.7 Å². The monoisotopic (exact) mass is 499 g/mol. The number of aromatic nitrogens is 3. The second-order valence-electron chi connectivity index (χ2n) is 7.85. The van der Waals surface area contributed by atoms with Crippen molar-refractivity contribution in [3.63, 3.8) is 0 Å². The first-order valence-electron chi connectivity index (χ1n) is 11.0. The zero-order chi connectivity index (χ0) is 22.6. The quantitative estimate of drug-likeness (QED) is 0.379. The van der Waals surface area contributed by atoms with Gasteiger partial charge in [-0.3, -0.25) is 24.6 Å². The average molecular weight is 500 g/mol. The van der Waals surface area contributed by atoms with Crippen LogP contribution in [-0.2, 0) is 4.74 Å². The molecule has 1 aliphatic rings. The summed E-state index contributed by atoms with van der Waals surface area (Å²) in [6, 6.07) is 11.2. The number of carbonyl (C=O) groups excluding carboxylic acids is 1. The first-order chi connectivity index (χ1) is 16.2. The van der Waals surface area contributed by atoms with E-state index in [4.69, 9.17) is 14.5 Å². The fraction of sp³-hybridized carbons (Fsp3) is 0.333. The van der Waals surface area contributed by atoms with Gasteiger partial charge in [0.1, 0.15) is 5.75 Å². The number of thiazole rings is 1. The fourth-order valence-electron chi connectivity index (χ4n) is 3.95. The molecule has 0 spiro atoms. The topological polar surface area (TPSA) is 80.7 Å². The predicted octanol–water partition coefficient (Wildman–Crippen LogP) is 4.04. The number of anilines is 1. The van der Waals surface area contributed by atoms with Gasteiger partial charge in [-0.15, -0.1) is 12.4 Å². The Morgan fingerprint density at radius 3 is 2.65 bits per heavy atom. The Kier molecular flexibility index (Phi) is 7.89. The number of methoxy groups -OCH3 is 1. The molecule has 178 valence electrons. The van der Waals surface area contributed by atoms with E-state index >= 15 is 0 Å². The Bertz CT molecular complexity index is 1280. The van der Waals surface area contributed by atoms with Gasteiger partial charge in [0.25, 0.3) is 5.91 Å². The van der Waals surface area contributed by atoms with E-state index < -0.39 is 0 Å². The molecule has 5 rings (SSSR count). The van der Waals surface area contributed by atoms with Crippen molar-refractivity contribution >= 4 is 56.0 Å². The summed E-state index contributed by atoms with van der Waals surface area (Å²) in [6.45, 7) is 4.87. The van der Waals surface area contributed by atoms with Gasteiger partial charge in [0.2, 0.25) is 0 Å². The molecule has 1 fully saturated rings. The summed E-state index contributed by atoms with van der Waals surface area (Å²) in [5.74, 6) is 0.687. The molecule has 4 aromatic rings. The molecule has 1 saturated heterocycles. The molecule has 10 heteroatoms. The first kappa shape index (κ1) is 24.3. The van der Waals surface area contributed by atoms with Crippen molar-refractivity contribution in [1.82, 2.24) is 19.9 Å². The van der Waals surface area contributed by atoms with Crippen molar-refractivity contribution in [1.29, 1.82) is 0 Å². The Morgan fingerprint density at radius 2 is 1.85 bits per heavy atom. The van der Waals surface area contributed by atoms with Crippen molar-refractivity contribution in [3.8, 4) is 5.75 Å². The normalized spacial score (nSPS) is 14.1. The van der Waals surface area contributed by atoms with Crippen LogP contribution in [0.25, 0.3) is 21.3 Å². The third-order valence-corrected chi connectivity index (χ3v) is 6.78. The maximum atomic E-state index is 13.7. The molecule has 0 aliphatic carbocycles. The smallest absolute Gasteiger partial charge is 0.260 e. The number of hydrogen-bond donors (Lipinski definition) is 0. The van der Waals surface area contributed by atoms with Crippen LogP contribution in [0.2, 0.25) is 0 Å². The lowest BCUT2D eigenvalue weighted by Crippen LogP contribution is -2.39. The standard InChI is InChI=1S/C24H25N5O3S.ClH/c1-31-18-4-6-20-22(16-18)33-24(27-20)29(10-2-9-28-11-13-32-14-12-28)23(30)17-3-5-19-21(15-17)26-8-7-25-19;/h3-8,15-16H,2,9-14H2,1H3;1H. The van der Waals surface area contributed by atoms with E-state index in [0.717, 1.165) is 60.8 Å². The summed E-state index contributed by atoms with van der Waals surface area (Å²) in [5, 5.41) is 0.685.